The average Bonchev–Trinajstić information content (AvgIpc) is 1.41. The maximum atomic E-state index is 8.56. The van der Waals surface area contributed by atoms with Gasteiger partial charge in [-0.15, -0.1) is 0 Å². The summed E-state index contributed by atoms with van der Waals surface area (Å²) in [6.45, 7) is 0. The fourth-order valence-electron chi connectivity index (χ4n) is 0. The van der Waals surface area contributed by atoms with Gasteiger partial charge >= 0.3 is 28.0 Å². The van der Waals surface area contributed by atoms with Gasteiger partial charge in [0, 0.05) is 0 Å². The molecule has 0 spiro atoms. The molecule has 0 radical (unpaired) electrons. The molecule has 0 aliphatic heterocycles. The normalized spacial score (nSPS) is 4.29. The SMILES string of the molecule is O=C(O)O.[AlH3].[O]=[Zn]. The Balaban J connectivity index is -0.0000000480. The Bertz CT molecular complexity index is 43.0. The Labute approximate surface area is 60.6 Å². The van der Waals surface area contributed by atoms with Crippen LogP contribution in [0, 0.1) is 0 Å². The molecule has 38 valence electrons. The van der Waals surface area contributed by atoms with Crippen LogP contribution in [0.15, 0.2) is 0 Å². The molecule has 0 bridgehead atoms. The van der Waals surface area contributed by atoms with Gasteiger partial charge in [0.2, 0.25) is 0 Å². The van der Waals surface area contributed by atoms with Crippen LogP contribution in [0.3, 0.4) is 0 Å². The summed E-state index contributed by atoms with van der Waals surface area (Å²) in [5.74, 6) is 0. The maximum absolute atomic E-state index is 8.56. The second-order valence-electron chi connectivity index (χ2n) is 0.283. The topological polar surface area (TPSA) is 74.6 Å². The second-order valence-corrected chi connectivity index (χ2v) is 0.283. The Morgan fingerprint density at radius 3 is 1.29 bits per heavy atom. The molecule has 0 atom stereocenters. The van der Waals surface area contributed by atoms with Crippen molar-refractivity contribution in [2.75, 3.05) is 0 Å². The van der Waals surface area contributed by atoms with Crippen molar-refractivity contribution in [3.8, 4) is 0 Å². The molecule has 0 aromatic rings. The molecule has 0 heterocycles. The van der Waals surface area contributed by atoms with Crippen LogP contribution < -0.4 is 0 Å². The summed E-state index contributed by atoms with van der Waals surface area (Å²) in [5, 5.41) is 13.9. The summed E-state index contributed by atoms with van der Waals surface area (Å²) in [6.07, 6.45) is -1.83. The van der Waals surface area contributed by atoms with Crippen LogP contribution in [0.1, 0.15) is 0 Å². The molecule has 6 heteroatoms. The first-order valence-corrected chi connectivity index (χ1v) is 2.15. The minimum absolute atomic E-state index is 0. The van der Waals surface area contributed by atoms with E-state index < -0.39 is 6.16 Å². The van der Waals surface area contributed by atoms with Gasteiger partial charge in [0.1, 0.15) is 0 Å². The van der Waals surface area contributed by atoms with Gasteiger partial charge in [-0.05, 0) is 0 Å². The van der Waals surface area contributed by atoms with Crippen molar-refractivity contribution in [2.24, 2.45) is 0 Å². The molecule has 0 saturated carbocycles. The van der Waals surface area contributed by atoms with Gasteiger partial charge in [0.25, 0.3) is 0 Å². The van der Waals surface area contributed by atoms with Crippen molar-refractivity contribution in [1.29, 1.82) is 0 Å². The molecule has 0 unspecified atom stereocenters. The van der Waals surface area contributed by atoms with E-state index in [2.05, 4.69) is 0 Å². The van der Waals surface area contributed by atoms with Gasteiger partial charge in [-0.3, -0.25) is 0 Å². The molecule has 0 aliphatic rings. The van der Waals surface area contributed by atoms with Gasteiger partial charge in [-0.2, -0.15) is 0 Å². The molecule has 0 fully saturated rings. The minimum atomic E-state index is -1.83. The van der Waals surface area contributed by atoms with E-state index in [1.54, 1.807) is 0 Å². The first kappa shape index (κ1) is 15.7. The third kappa shape index (κ3) is 2180. The van der Waals surface area contributed by atoms with E-state index in [0.717, 1.165) is 0 Å². The number of hydrogen-bond acceptors (Lipinski definition) is 2. The van der Waals surface area contributed by atoms with Crippen LogP contribution in [0.25, 0.3) is 0 Å². The van der Waals surface area contributed by atoms with E-state index in [1.807, 2.05) is 0 Å². The van der Waals surface area contributed by atoms with Crippen LogP contribution in [0.5, 0.6) is 0 Å². The van der Waals surface area contributed by atoms with Crippen molar-refractivity contribution in [1.82, 2.24) is 0 Å². The van der Waals surface area contributed by atoms with Crippen molar-refractivity contribution < 1.29 is 36.8 Å². The molecule has 0 rings (SSSR count). The Hall–Kier alpha value is 0.226. The van der Waals surface area contributed by atoms with Crippen LogP contribution in [-0.2, 0) is 21.8 Å². The number of hydrogen-bond donors (Lipinski definition) is 2. The van der Waals surface area contributed by atoms with E-state index in [4.69, 9.17) is 18.6 Å². The Morgan fingerprint density at radius 1 is 1.29 bits per heavy atom. The summed E-state index contributed by atoms with van der Waals surface area (Å²) in [4.78, 5) is 8.56. The van der Waals surface area contributed by atoms with E-state index in [1.165, 1.54) is 0 Å². The number of carbonyl (C=O) groups is 1. The van der Waals surface area contributed by atoms with Crippen molar-refractivity contribution in [3.63, 3.8) is 0 Å². The third-order valence-corrected chi connectivity index (χ3v) is 0. The van der Waals surface area contributed by atoms with Crippen molar-refractivity contribution >= 4 is 23.5 Å². The molecule has 0 saturated heterocycles. The third-order valence-electron chi connectivity index (χ3n) is 0. The van der Waals surface area contributed by atoms with Crippen LogP contribution in [0.2, 0.25) is 0 Å². The first-order chi connectivity index (χ1) is 2.73. The van der Waals surface area contributed by atoms with Crippen LogP contribution >= 0.6 is 0 Å². The first-order valence-electron chi connectivity index (χ1n) is 0.940. The zero-order chi connectivity index (χ0) is 5.58. The van der Waals surface area contributed by atoms with Gasteiger partial charge in [-0.1, -0.05) is 0 Å². The summed E-state index contributed by atoms with van der Waals surface area (Å²) in [7, 11) is 0. The number of rotatable bonds is 0. The van der Waals surface area contributed by atoms with Crippen molar-refractivity contribution in [3.05, 3.63) is 0 Å². The van der Waals surface area contributed by atoms with Gasteiger partial charge in [-0.25, -0.2) is 4.79 Å². The Kier molecular flexibility index (Phi) is 36.6. The molecule has 4 nitrogen and oxygen atoms in total. The molecule has 7 heavy (non-hydrogen) atoms. The average molecular weight is 173 g/mol. The van der Waals surface area contributed by atoms with E-state index in [0.29, 0.717) is 0 Å². The fraction of sp³-hybridized carbons (Fsp3) is 0. The fourth-order valence-corrected chi connectivity index (χ4v) is 0. The predicted octanol–water partition coefficient (Wildman–Crippen LogP) is -1.08. The monoisotopic (exact) mass is 172 g/mol. The van der Waals surface area contributed by atoms with E-state index in [9.17, 15) is 0 Å². The second kappa shape index (κ2) is 16.3. The molecule has 0 aromatic carbocycles. The molecule has 0 amide bonds. The summed E-state index contributed by atoms with van der Waals surface area (Å²) >= 11 is 0.125. The van der Waals surface area contributed by atoms with E-state index >= 15 is 0 Å². The van der Waals surface area contributed by atoms with Gasteiger partial charge in [0.05, 0.1) is 0 Å². The summed E-state index contributed by atoms with van der Waals surface area (Å²) < 4.78 is 8.38. The van der Waals surface area contributed by atoms with E-state index in [-0.39, 0.29) is 35.6 Å². The molecular weight excluding hydrogens is 168 g/mol. The Morgan fingerprint density at radius 2 is 1.29 bits per heavy atom. The van der Waals surface area contributed by atoms with Crippen LogP contribution in [0.4, 0.5) is 4.79 Å². The zero-order valence-electron chi connectivity index (χ0n) is 2.92. The molecule has 2 N–H and O–H groups in total. The quantitative estimate of drug-likeness (QED) is 0.457. The van der Waals surface area contributed by atoms with Gasteiger partial charge in [0.15, 0.2) is 17.4 Å². The zero-order valence-corrected chi connectivity index (χ0v) is 5.89. The van der Waals surface area contributed by atoms with Gasteiger partial charge < -0.3 is 10.2 Å². The summed E-state index contributed by atoms with van der Waals surface area (Å²) in [5.41, 5.74) is 0. The molecule has 0 aromatic heterocycles. The van der Waals surface area contributed by atoms with Crippen LogP contribution in [-0.4, -0.2) is 33.7 Å². The summed E-state index contributed by atoms with van der Waals surface area (Å²) in [6, 6.07) is 0. The number of carboxylic acid groups (broad SMARTS) is 2. The molecule has 0 aliphatic carbocycles. The van der Waals surface area contributed by atoms with Crippen molar-refractivity contribution in [2.45, 2.75) is 0 Å². The standard InChI is InChI=1S/CH2O3.Al.O.Zn.3H/c2-1(3)4;;;;;;/h(H2,2,3,4);;;;;;. The predicted molar refractivity (Wildman–Crippen MR) is 21.3 cm³/mol. The molecular formula is CH5AlO4Zn.